The Hall–Kier alpha value is -2.01. The summed E-state index contributed by atoms with van der Waals surface area (Å²) in [6, 6.07) is 16.8. The normalized spacial score (nSPS) is 11.1. The fraction of sp³-hybridized carbons (Fsp3) is 0.250. The van der Waals surface area contributed by atoms with Crippen LogP contribution in [-0.2, 0) is 16.6 Å². The van der Waals surface area contributed by atoms with Gasteiger partial charge in [0.05, 0.1) is 11.4 Å². The molecular formula is C16H19NO3S. The molecular weight excluding hydrogens is 286 g/mol. The number of para-hydroxylation sites is 2. The summed E-state index contributed by atoms with van der Waals surface area (Å²) in [6.07, 6.45) is 0.572. The third kappa shape index (κ3) is 4.79. The number of anilines is 1. The van der Waals surface area contributed by atoms with Gasteiger partial charge >= 0.3 is 0 Å². The van der Waals surface area contributed by atoms with Crippen LogP contribution in [0.25, 0.3) is 0 Å². The Kier molecular flexibility index (Phi) is 5.22. The molecule has 0 bridgehead atoms. The van der Waals surface area contributed by atoms with Crippen molar-refractivity contribution in [1.29, 1.82) is 0 Å². The predicted octanol–water partition coefficient (Wildman–Crippen LogP) is 3.42. The van der Waals surface area contributed by atoms with E-state index in [9.17, 15) is 8.42 Å². The Balaban J connectivity index is 2.10. The first-order valence-corrected chi connectivity index (χ1v) is 8.52. The van der Waals surface area contributed by atoms with Crippen molar-refractivity contribution >= 4 is 15.7 Å². The molecule has 0 atom stereocenters. The standard InChI is InChI=1S/C16H19NO3S/c1-2-12-21(18,19)17-15-10-6-7-11-16(15)20-13-14-8-4-3-5-9-14/h3-11,17H,2,12-13H2,1H3. The summed E-state index contributed by atoms with van der Waals surface area (Å²) in [5.74, 6) is 0.626. The molecule has 5 heteroatoms. The van der Waals surface area contributed by atoms with Crippen molar-refractivity contribution < 1.29 is 13.2 Å². The molecule has 0 amide bonds. The molecule has 0 saturated carbocycles. The van der Waals surface area contributed by atoms with Gasteiger partial charge in [-0.15, -0.1) is 0 Å². The van der Waals surface area contributed by atoms with Crippen LogP contribution < -0.4 is 9.46 Å². The second kappa shape index (κ2) is 7.13. The van der Waals surface area contributed by atoms with E-state index in [0.717, 1.165) is 5.56 Å². The van der Waals surface area contributed by atoms with Crippen LogP contribution >= 0.6 is 0 Å². The maximum absolute atomic E-state index is 11.9. The number of ether oxygens (including phenoxy) is 1. The van der Waals surface area contributed by atoms with Crippen LogP contribution in [0.1, 0.15) is 18.9 Å². The van der Waals surface area contributed by atoms with Gasteiger partial charge in [-0.1, -0.05) is 49.4 Å². The Labute approximate surface area is 125 Å². The van der Waals surface area contributed by atoms with Crippen LogP contribution in [-0.4, -0.2) is 14.2 Å². The zero-order valence-corrected chi connectivity index (χ0v) is 12.8. The van der Waals surface area contributed by atoms with Gasteiger partial charge in [0, 0.05) is 0 Å². The highest BCUT2D eigenvalue weighted by molar-refractivity contribution is 7.92. The fourth-order valence-corrected chi connectivity index (χ4v) is 3.04. The van der Waals surface area contributed by atoms with E-state index < -0.39 is 10.0 Å². The number of sulfonamides is 1. The topological polar surface area (TPSA) is 55.4 Å². The Morgan fingerprint density at radius 3 is 2.38 bits per heavy atom. The SMILES string of the molecule is CCCS(=O)(=O)Nc1ccccc1OCc1ccccc1. The van der Waals surface area contributed by atoms with E-state index in [-0.39, 0.29) is 5.75 Å². The lowest BCUT2D eigenvalue weighted by Crippen LogP contribution is -2.16. The molecule has 0 aromatic heterocycles. The van der Waals surface area contributed by atoms with Crippen LogP contribution in [0.15, 0.2) is 54.6 Å². The second-order valence-electron chi connectivity index (χ2n) is 4.69. The van der Waals surface area contributed by atoms with E-state index in [0.29, 0.717) is 24.5 Å². The maximum atomic E-state index is 11.9. The van der Waals surface area contributed by atoms with Crippen LogP contribution in [0.4, 0.5) is 5.69 Å². The average molecular weight is 305 g/mol. The lowest BCUT2D eigenvalue weighted by Gasteiger charge is -2.13. The van der Waals surface area contributed by atoms with Gasteiger partial charge in [-0.25, -0.2) is 8.42 Å². The maximum Gasteiger partial charge on any atom is 0.232 e. The highest BCUT2D eigenvalue weighted by Crippen LogP contribution is 2.25. The van der Waals surface area contributed by atoms with Crippen molar-refractivity contribution in [2.75, 3.05) is 10.5 Å². The molecule has 2 aromatic rings. The molecule has 4 nitrogen and oxygen atoms in total. The van der Waals surface area contributed by atoms with Crippen molar-refractivity contribution in [3.05, 3.63) is 60.2 Å². The number of rotatable bonds is 7. The fourth-order valence-electron chi connectivity index (χ4n) is 1.90. The summed E-state index contributed by atoms with van der Waals surface area (Å²) in [6.45, 7) is 2.23. The van der Waals surface area contributed by atoms with Gasteiger partial charge in [-0.2, -0.15) is 0 Å². The van der Waals surface area contributed by atoms with E-state index in [2.05, 4.69) is 4.72 Å². The first-order valence-electron chi connectivity index (χ1n) is 6.87. The third-order valence-electron chi connectivity index (χ3n) is 2.86. The number of hydrogen-bond donors (Lipinski definition) is 1. The summed E-state index contributed by atoms with van der Waals surface area (Å²) in [5.41, 5.74) is 1.51. The minimum atomic E-state index is -3.32. The average Bonchev–Trinajstić information content (AvgIpc) is 2.47. The molecule has 1 N–H and O–H groups in total. The number of hydrogen-bond acceptors (Lipinski definition) is 3. The van der Waals surface area contributed by atoms with Crippen molar-refractivity contribution in [3.8, 4) is 5.75 Å². The summed E-state index contributed by atoms with van der Waals surface area (Å²) in [5, 5.41) is 0. The summed E-state index contributed by atoms with van der Waals surface area (Å²) < 4.78 is 32.0. The highest BCUT2D eigenvalue weighted by atomic mass is 32.2. The Morgan fingerprint density at radius 1 is 1.00 bits per heavy atom. The molecule has 0 saturated heterocycles. The highest BCUT2D eigenvalue weighted by Gasteiger charge is 2.12. The lowest BCUT2D eigenvalue weighted by molar-refractivity contribution is 0.308. The smallest absolute Gasteiger partial charge is 0.232 e. The van der Waals surface area contributed by atoms with Crippen LogP contribution in [0.5, 0.6) is 5.75 Å². The van der Waals surface area contributed by atoms with E-state index in [4.69, 9.17) is 4.74 Å². The second-order valence-corrected chi connectivity index (χ2v) is 6.53. The molecule has 0 fully saturated rings. The molecule has 2 aromatic carbocycles. The molecule has 21 heavy (non-hydrogen) atoms. The van der Waals surface area contributed by atoms with Crippen LogP contribution in [0, 0.1) is 0 Å². The quantitative estimate of drug-likeness (QED) is 0.852. The number of benzene rings is 2. The van der Waals surface area contributed by atoms with Crippen LogP contribution in [0.3, 0.4) is 0 Å². The van der Waals surface area contributed by atoms with Crippen molar-refractivity contribution in [2.24, 2.45) is 0 Å². The van der Waals surface area contributed by atoms with E-state index >= 15 is 0 Å². The van der Waals surface area contributed by atoms with E-state index in [1.165, 1.54) is 0 Å². The van der Waals surface area contributed by atoms with Crippen molar-refractivity contribution in [2.45, 2.75) is 20.0 Å². The largest absolute Gasteiger partial charge is 0.487 e. The molecule has 112 valence electrons. The van der Waals surface area contributed by atoms with Gasteiger partial charge in [-0.3, -0.25) is 4.72 Å². The van der Waals surface area contributed by atoms with Gasteiger partial charge in [0.15, 0.2) is 0 Å². The molecule has 0 aliphatic heterocycles. The number of nitrogens with one attached hydrogen (secondary N) is 1. The molecule has 0 radical (unpaired) electrons. The van der Waals surface area contributed by atoms with Gasteiger partial charge < -0.3 is 4.74 Å². The minimum Gasteiger partial charge on any atom is -0.487 e. The summed E-state index contributed by atoms with van der Waals surface area (Å²) in [4.78, 5) is 0. The minimum absolute atomic E-state index is 0.0972. The van der Waals surface area contributed by atoms with Gasteiger partial charge in [0.25, 0.3) is 0 Å². The van der Waals surface area contributed by atoms with E-state index in [1.807, 2.05) is 43.3 Å². The monoisotopic (exact) mass is 305 g/mol. The Morgan fingerprint density at radius 2 is 1.67 bits per heavy atom. The first kappa shape index (κ1) is 15.4. The van der Waals surface area contributed by atoms with Gasteiger partial charge in [-0.05, 0) is 24.1 Å². The lowest BCUT2D eigenvalue weighted by atomic mass is 10.2. The van der Waals surface area contributed by atoms with E-state index in [1.54, 1.807) is 18.2 Å². The summed E-state index contributed by atoms with van der Waals surface area (Å²) >= 11 is 0. The molecule has 0 heterocycles. The first-order chi connectivity index (χ1) is 10.1. The molecule has 0 spiro atoms. The van der Waals surface area contributed by atoms with Gasteiger partial charge in [0.2, 0.25) is 10.0 Å². The molecule has 0 unspecified atom stereocenters. The molecule has 0 aliphatic rings. The third-order valence-corrected chi connectivity index (χ3v) is 4.34. The van der Waals surface area contributed by atoms with Crippen molar-refractivity contribution in [1.82, 2.24) is 0 Å². The molecule has 2 rings (SSSR count). The summed E-state index contributed by atoms with van der Waals surface area (Å²) in [7, 11) is -3.32. The molecule has 0 aliphatic carbocycles. The van der Waals surface area contributed by atoms with Crippen molar-refractivity contribution in [3.63, 3.8) is 0 Å². The van der Waals surface area contributed by atoms with Crippen LogP contribution in [0.2, 0.25) is 0 Å². The predicted molar refractivity (Wildman–Crippen MR) is 84.9 cm³/mol. The zero-order chi connectivity index (χ0) is 15.1. The Bertz CT molecular complexity index is 669. The zero-order valence-electron chi connectivity index (χ0n) is 12.0. The van der Waals surface area contributed by atoms with Gasteiger partial charge in [0.1, 0.15) is 12.4 Å².